The fraction of sp³-hybridized carbons (Fsp3) is 0.400. The Bertz CT molecular complexity index is 985. The zero-order chi connectivity index (χ0) is 23.5. The molecule has 0 spiro atoms. The lowest BCUT2D eigenvalue weighted by Crippen LogP contribution is -2.43. The highest BCUT2D eigenvalue weighted by atomic mass is 16.5. The van der Waals surface area contributed by atoms with E-state index < -0.39 is 23.4 Å². The highest BCUT2D eigenvalue weighted by molar-refractivity contribution is 6.09. The van der Waals surface area contributed by atoms with E-state index in [2.05, 4.69) is 36.6 Å². The molecule has 0 bridgehead atoms. The number of hydrogen-bond donors (Lipinski definition) is 2. The average Bonchev–Trinajstić information content (AvgIpc) is 2.97. The third-order valence-corrected chi connectivity index (χ3v) is 5.75. The summed E-state index contributed by atoms with van der Waals surface area (Å²) in [5.41, 5.74) is 1.60. The Labute approximate surface area is 189 Å². The van der Waals surface area contributed by atoms with Crippen molar-refractivity contribution in [3.63, 3.8) is 0 Å². The van der Waals surface area contributed by atoms with Crippen LogP contribution in [0.3, 0.4) is 0 Å². The summed E-state index contributed by atoms with van der Waals surface area (Å²) < 4.78 is 5.15. The average molecular weight is 438 g/mol. The first-order valence-electron chi connectivity index (χ1n) is 10.8. The van der Waals surface area contributed by atoms with E-state index >= 15 is 0 Å². The Kier molecular flexibility index (Phi) is 6.87. The van der Waals surface area contributed by atoms with Crippen LogP contribution < -0.4 is 15.4 Å². The van der Waals surface area contributed by atoms with Gasteiger partial charge in [-0.05, 0) is 55.0 Å². The predicted molar refractivity (Wildman–Crippen MR) is 122 cm³/mol. The van der Waals surface area contributed by atoms with E-state index in [0.717, 1.165) is 16.9 Å². The Morgan fingerprint density at radius 2 is 1.69 bits per heavy atom. The number of nitrogens with one attached hydrogen (secondary N) is 2. The van der Waals surface area contributed by atoms with Crippen LogP contribution in [-0.2, 0) is 21.5 Å². The standard InChI is InChI=1S/C25H31N3O4/c1-16(2)14-18-6-8-19(9-7-18)17(3)26-22(29)15-28-23(30)25(4,27-24(28)31)20-10-12-21(32-5)13-11-20/h6-13,16-17H,14-15H2,1-5H3,(H,26,29)(H,27,31)/t17-,25-/m1/s1. The summed E-state index contributed by atoms with van der Waals surface area (Å²) in [5.74, 6) is 0.363. The first kappa shape index (κ1) is 23.3. The van der Waals surface area contributed by atoms with E-state index in [1.807, 2.05) is 19.1 Å². The van der Waals surface area contributed by atoms with E-state index in [4.69, 9.17) is 4.74 Å². The lowest BCUT2D eigenvalue weighted by Gasteiger charge is -2.22. The minimum Gasteiger partial charge on any atom is -0.497 e. The molecule has 7 nitrogen and oxygen atoms in total. The lowest BCUT2D eigenvalue weighted by molar-refractivity contribution is -0.135. The van der Waals surface area contributed by atoms with Crippen LogP contribution in [0.2, 0.25) is 0 Å². The maximum atomic E-state index is 13.0. The predicted octanol–water partition coefficient (Wildman–Crippen LogP) is 3.54. The van der Waals surface area contributed by atoms with Crippen LogP contribution in [0.5, 0.6) is 5.75 Å². The highest BCUT2D eigenvalue weighted by Crippen LogP contribution is 2.30. The fourth-order valence-electron chi connectivity index (χ4n) is 3.89. The fourth-order valence-corrected chi connectivity index (χ4v) is 3.89. The zero-order valence-electron chi connectivity index (χ0n) is 19.3. The van der Waals surface area contributed by atoms with Crippen molar-refractivity contribution in [1.82, 2.24) is 15.5 Å². The number of rotatable bonds is 8. The second-order valence-electron chi connectivity index (χ2n) is 8.80. The minimum atomic E-state index is -1.23. The van der Waals surface area contributed by atoms with Crippen molar-refractivity contribution in [3.8, 4) is 5.75 Å². The number of hydrogen-bond acceptors (Lipinski definition) is 4. The molecule has 32 heavy (non-hydrogen) atoms. The number of imide groups is 1. The minimum absolute atomic E-state index is 0.246. The van der Waals surface area contributed by atoms with Crippen molar-refractivity contribution < 1.29 is 19.1 Å². The molecule has 0 radical (unpaired) electrons. The Morgan fingerprint density at radius 3 is 2.25 bits per heavy atom. The van der Waals surface area contributed by atoms with Gasteiger partial charge in [0, 0.05) is 0 Å². The summed E-state index contributed by atoms with van der Waals surface area (Å²) in [6.07, 6.45) is 1.00. The van der Waals surface area contributed by atoms with Gasteiger partial charge in [0.1, 0.15) is 17.8 Å². The molecule has 2 N–H and O–H groups in total. The van der Waals surface area contributed by atoms with Crippen LogP contribution in [0.25, 0.3) is 0 Å². The van der Waals surface area contributed by atoms with Gasteiger partial charge in [-0.1, -0.05) is 50.2 Å². The van der Waals surface area contributed by atoms with Crippen LogP contribution in [0, 0.1) is 5.92 Å². The van der Waals surface area contributed by atoms with Gasteiger partial charge in [0.25, 0.3) is 5.91 Å². The zero-order valence-corrected chi connectivity index (χ0v) is 19.3. The normalized spacial score (nSPS) is 19.1. The van der Waals surface area contributed by atoms with Crippen LogP contribution in [0.4, 0.5) is 4.79 Å². The van der Waals surface area contributed by atoms with Crippen molar-refractivity contribution in [1.29, 1.82) is 0 Å². The van der Waals surface area contributed by atoms with Gasteiger partial charge in [0.05, 0.1) is 13.2 Å². The molecular weight excluding hydrogens is 406 g/mol. The van der Waals surface area contributed by atoms with Crippen LogP contribution in [-0.4, -0.2) is 36.4 Å². The smallest absolute Gasteiger partial charge is 0.325 e. The Balaban J connectivity index is 1.64. The van der Waals surface area contributed by atoms with Gasteiger partial charge in [0.15, 0.2) is 0 Å². The molecular formula is C25H31N3O4. The number of carbonyl (C=O) groups is 3. The first-order valence-corrected chi connectivity index (χ1v) is 10.8. The summed E-state index contributed by atoms with van der Waals surface area (Å²) in [7, 11) is 1.56. The molecule has 1 saturated heterocycles. The van der Waals surface area contributed by atoms with E-state index in [1.165, 1.54) is 5.56 Å². The summed E-state index contributed by atoms with van der Waals surface area (Å²) in [6.45, 7) is 7.52. The molecule has 0 saturated carbocycles. The van der Waals surface area contributed by atoms with Gasteiger partial charge in [0.2, 0.25) is 5.91 Å². The van der Waals surface area contributed by atoms with Crippen molar-refractivity contribution in [2.75, 3.05) is 13.7 Å². The van der Waals surface area contributed by atoms with Crippen molar-refractivity contribution in [2.24, 2.45) is 5.92 Å². The first-order chi connectivity index (χ1) is 15.1. The van der Waals surface area contributed by atoms with Gasteiger partial charge in [-0.2, -0.15) is 0 Å². The molecule has 7 heteroatoms. The molecule has 0 aliphatic carbocycles. The van der Waals surface area contributed by atoms with Gasteiger partial charge < -0.3 is 15.4 Å². The van der Waals surface area contributed by atoms with E-state index in [-0.39, 0.29) is 12.6 Å². The Morgan fingerprint density at radius 1 is 1.06 bits per heavy atom. The lowest BCUT2D eigenvalue weighted by atomic mass is 9.92. The number of nitrogens with zero attached hydrogens (tertiary/aromatic N) is 1. The molecule has 2 aromatic rings. The van der Waals surface area contributed by atoms with Gasteiger partial charge in [-0.25, -0.2) is 4.79 Å². The number of benzene rings is 2. The topological polar surface area (TPSA) is 87.7 Å². The molecule has 0 unspecified atom stereocenters. The molecule has 1 heterocycles. The molecule has 1 aliphatic rings. The number of carbonyl (C=O) groups excluding carboxylic acids is 3. The quantitative estimate of drug-likeness (QED) is 0.619. The van der Waals surface area contributed by atoms with Gasteiger partial charge in [-0.3, -0.25) is 14.5 Å². The third-order valence-electron chi connectivity index (χ3n) is 5.75. The maximum Gasteiger partial charge on any atom is 0.325 e. The molecule has 1 aliphatic heterocycles. The SMILES string of the molecule is COc1ccc([C@@]2(C)NC(=O)N(CC(=O)N[C@H](C)c3ccc(CC(C)C)cc3)C2=O)cc1. The van der Waals surface area contributed by atoms with E-state index in [9.17, 15) is 14.4 Å². The monoisotopic (exact) mass is 437 g/mol. The molecule has 2 atom stereocenters. The number of ether oxygens (including phenoxy) is 1. The van der Waals surface area contributed by atoms with Crippen LogP contribution >= 0.6 is 0 Å². The second kappa shape index (κ2) is 9.42. The van der Waals surface area contributed by atoms with Gasteiger partial charge in [-0.15, -0.1) is 0 Å². The summed E-state index contributed by atoms with van der Waals surface area (Å²) in [4.78, 5) is 39.1. The molecule has 170 valence electrons. The van der Waals surface area contributed by atoms with Crippen LogP contribution in [0.15, 0.2) is 48.5 Å². The Hall–Kier alpha value is -3.35. The number of amides is 4. The molecule has 4 amide bonds. The van der Waals surface area contributed by atoms with Crippen molar-refractivity contribution in [2.45, 2.75) is 45.7 Å². The maximum absolute atomic E-state index is 13.0. The van der Waals surface area contributed by atoms with E-state index in [0.29, 0.717) is 17.2 Å². The van der Waals surface area contributed by atoms with Crippen molar-refractivity contribution >= 4 is 17.8 Å². The highest BCUT2D eigenvalue weighted by Gasteiger charge is 2.49. The molecule has 3 rings (SSSR count). The summed E-state index contributed by atoms with van der Waals surface area (Å²) >= 11 is 0. The largest absolute Gasteiger partial charge is 0.497 e. The number of methoxy groups -OCH3 is 1. The van der Waals surface area contributed by atoms with Gasteiger partial charge >= 0.3 is 6.03 Å². The molecule has 2 aromatic carbocycles. The van der Waals surface area contributed by atoms with Crippen molar-refractivity contribution in [3.05, 3.63) is 65.2 Å². The third kappa shape index (κ3) is 4.93. The van der Waals surface area contributed by atoms with Crippen LogP contribution in [0.1, 0.15) is 50.4 Å². The second-order valence-corrected chi connectivity index (χ2v) is 8.80. The number of urea groups is 1. The molecule has 1 fully saturated rings. The summed E-state index contributed by atoms with van der Waals surface area (Å²) in [6, 6.07) is 14.2. The molecule has 0 aromatic heterocycles. The van der Waals surface area contributed by atoms with E-state index in [1.54, 1.807) is 38.3 Å². The summed E-state index contributed by atoms with van der Waals surface area (Å²) in [5, 5.41) is 5.59.